The van der Waals surface area contributed by atoms with Crippen molar-refractivity contribution < 1.29 is 10.2 Å². The van der Waals surface area contributed by atoms with Crippen LogP contribution in [0.2, 0.25) is 0 Å². The second-order valence-electron chi connectivity index (χ2n) is 3.11. The fourth-order valence-corrected chi connectivity index (χ4v) is 3.40. The summed E-state index contributed by atoms with van der Waals surface area (Å²) in [7, 11) is 0. The zero-order chi connectivity index (χ0) is 9.03. The maximum atomic E-state index is 9.08. The summed E-state index contributed by atoms with van der Waals surface area (Å²) in [5.41, 5.74) is 0. The Hall–Kier alpha value is 0.310. The molecule has 1 aliphatic rings. The molecule has 0 fully saturated rings. The van der Waals surface area contributed by atoms with Crippen LogP contribution in [-0.4, -0.2) is 22.9 Å². The van der Waals surface area contributed by atoms with E-state index in [4.69, 9.17) is 22.0 Å². The molecule has 0 spiro atoms. The second-order valence-corrected chi connectivity index (χ2v) is 8.13. The van der Waals surface area contributed by atoms with E-state index >= 15 is 0 Å². The Kier molecular flexibility index (Phi) is 3.91. The highest BCUT2D eigenvalue weighted by atomic mass is 32.4. The maximum Gasteiger partial charge on any atom is 0.0773 e. The lowest BCUT2D eigenvalue weighted by atomic mass is 10.1. The maximum absolute atomic E-state index is 9.08. The molecule has 0 aromatic carbocycles. The third-order valence-corrected chi connectivity index (χ3v) is 6.01. The van der Waals surface area contributed by atoms with Crippen LogP contribution < -0.4 is 0 Å². The van der Waals surface area contributed by atoms with Crippen LogP contribution in [0.4, 0.5) is 0 Å². The van der Waals surface area contributed by atoms with E-state index < -0.39 is 6.04 Å². The van der Waals surface area contributed by atoms with E-state index in [9.17, 15) is 0 Å². The fourth-order valence-electron chi connectivity index (χ4n) is 1.42. The zero-order valence-corrected chi connectivity index (χ0v) is 8.78. The monoisotopic (exact) mass is 206 g/mol. The molecular formula is C8H15O2PS. The Morgan fingerprint density at radius 3 is 2.42 bits per heavy atom. The van der Waals surface area contributed by atoms with E-state index in [0.717, 1.165) is 24.6 Å². The highest BCUT2D eigenvalue weighted by molar-refractivity contribution is 8.16. The van der Waals surface area contributed by atoms with Crippen molar-refractivity contribution >= 4 is 17.8 Å². The molecule has 0 unspecified atom stereocenters. The molecule has 1 rings (SSSR count). The van der Waals surface area contributed by atoms with Crippen molar-refractivity contribution in [3.63, 3.8) is 0 Å². The molecule has 12 heavy (non-hydrogen) atoms. The molecule has 0 heterocycles. The van der Waals surface area contributed by atoms with Crippen molar-refractivity contribution in [2.75, 3.05) is 12.7 Å². The van der Waals surface area contributed by atoms with Gasteiger partial charge in [0.1, 0.15) is 0 Å². The largest absolute Gasteiger partial charge is 0.391 e. The molecule has 70 valence electrons. The van der Waals surface area contributed by atoms with E-state index in [1.807, 2.05) is 0 Å². The van der Waals surface area contributed by atoms with Crippen LogP contribution in [0.3, 0.4) is 0 Å². The second kappa shape index (κ2) is 4.52. The molecule has 0 aliphatic heterocycles. The molecule has 4 heteroatoms. The quantitative estimate of drug-likeness (QED) is 0.692. The lowest BCUT2D eigenvalue weighted by molar-refractivity contribution is 0.343. The summed E-state index contributed by atoms with van der Waals surface area (Å²) < 4.78 is 0. The van der Waals surface area contributed by atoms with Crippen molar-refractivity contribution in [1.82, 2.24) is 0 Å². The van der Waals surface area contributed by atoms with Crippen molar-refractivity contribution in [3.8, 4) is 0 Å². The van der Waals surface area contributed by atoms with E-state index in [-0.39, 0.29) is 12.7 Å². The average Bonchev–Trinajstić information content (AvgIpc) is 2.18. The smallest absolute Gasteiger partial charge is 0.0773 e. The van der Waals surface area contributed by atoms with Gasteiger partial charge in [-0.15, -0.1) is 0 Å². The van der Waals surface area contributed by atoms with Gasteiger partial charge in [-0.05, 0) is 31.0 Å². The molecule has 0 bridgehead atoms. The van der Waals surface area contributed by atoms with Gasteiger partial charge in [0.15, 0.2) is 0 Å². The molecule has 0 atom stereocenters. The SMILES string of the molecule is OCP(=S)(CO)C1=CCCCC1. The normalized spacial score (nSPS) is 19.0. The Morgan fingerprint density at radius 2 is 2.00 bits per heavy atom. The molecule has 2 nitrogen and oxygen atoms in total. The highest BCUT2D eigenvalue weighted by Gasteiger charge is 2.21. The Morgan fingerprint density at radius 1 is 1.33 bits per heavy atom. The van der Waals surface area contributed by atoms with Gasteiger partial charge >= 0.3 is 0 Å². The van der Waals surface area contributed by atoms with Gasteiger partial charge in [-0.1, -0.05) is 17.9 Å². The van der Waals surface area contributed by atoms with Crippen LogP contribution in [0.25, 0.3) is 0 Å². The molecule has 0 radical (unpaired) electrons. The lowest BCUT2D eigenvalue weighted by Gasteiger charge is -2.23. The summed E-state index contributed by atoms with van der Waals surface area (Å²) in [5, 5.41) is 19.3. The van der Waals surface area contributed by atoms with Crippen LogP contribution in [0.15, 0.2) is 11.4 Å². The third-order valence-electron chi connectivity index (χ3n) is 2.25. The van der Waals surface area contributed by atoms with Crippen molar-refractivity contribution in [1.29, 1.82) is 0 Å². The van der Waals surface area contributed by atoms with Crippen molar-refractivity contribution in [2.24, 2.45) is 0 Å². The predicted molar refractivity (Wildman–Crippen MR) is 55.0 cm³/mol. The molecule has 2 N–H and O–H groups in total. The summed E-state index contributed by atoms with van der Waals surface area (Å²) in [4.78, 5) is 0. The third kappa shape index (κ3) is 2.17. The van der Waals surface area contributed by atoms with Crippen molar-refractivity contribution in [2.45, 2.75) is 25.7 Å². The van der Waals surface area contributed by atoms with E-state index in [0.29, 0.717) is 0 Å². The molecule has 0 saturated carbocycles. The van der Waals surface area contributed by atoms with Crippen LogP contribution in [0.1, 0.15) is 25.7 Å². The predicted octanol–water partition coefficient (Wildman–Crippen LogP) is 1.82. The summed E-state index contributed by atoms with van der Waals surface area (Å²) in [6, 6.07) is -1.95. The minimum absolute atomic E-state index is 0.0231. The average molecular weight is 206 g/mol. The summed E-state index contributed by atoms with van der Waals surface area (Å²) >= 11 is 5.27. The van der Waals surface area contributed by atoms with Crippen LogP contribution in [-0.2, 0) is 11.8 Å². The lowest BCUT2D eigenvalue weighted by Crippen LogP contribution is -2.00. The van der Waals surface area contributed by atoms with Crippen molar-refractivity contribution in [3.05, 3.63) is 11.4 Å². The van der Waals surface area contributed by atoms with Crippen LogP contribution >= 0.6 is 6.04 Å². The first kappa shape index (κ1) is 10.4. The molecular weight excluding hydrogens is 191 g/mol. The summed E-state index contributed by atoms with van der Waals surface area (Å²) in [5.74, 6) is 0. The Bertz CT molecular complexity index is 217. The topological polar surface area (TPSA) is 40.5 Å². The minimum atomic E-state index is -1.95. The standard InChI is InChI=1S/C8H15O2PS/c9-6-11(12,7-10)8-4-2-1-3-5-8/h4,9-10H,1-3,5-7H2. The molecule has 0 amide bonds. The first-order chi connectivity index (χ1) is 5.73. The highest BCUT2D eigenvalue weighted by Crippen LogP contribution is 2.55. The summed E-state index contributed by atoms with van der Waals surface area (Å²) in [6.07, 6.45) is 6.50. The number of hydrogen-bond acceptors (Lipinski definition) is 3. The van der Waals surface area contributed by atoms with Gasteiger partial charge in [-0.25, -0.2) is 0 Å². The molecule has 1 aliphatic carbocycles. The Balaban J connectivity index is 2.78. The van der Waals surface area contributed by atoms with E-state index in [1.54, 1.807) is 0 Å². The first-order valence-electron chi connectivity index (χ1n) is 4.22. The zero-order valence-electron chi connectivity index (χ0n) is 7.07. The number of rotatable bonds is 3. The molecule has 0 saturated heterocycles. The molecule has 0 aromatic rings. The number of allylic oxidation sites excluding steroid dienone is 2. The van der Waals surface area contributed by atoms with Crippen LogP contribution in [0, 0.1) is 0 Å². The number of hydrogen-bond donors (Lipinski definition) is 2. The van der Waals surface area contributed by atoms with Gasteiger partial charge in [0.25, 0.3) is 0 Å². The number of aliphatic hydroxyl groups excluding tert-OH is 2. The summed E-state index contributed by atoms with van der Waals surface area (Å²) in [6.45, 7) is 0. The Labute approximate surface area is 78.3 Å². The van der Waals surface area contributed by atoms with Gasteiger partial charge in [-0.3, -0.25) is 0 Å². The van der Waals surface area contributed by atoms with E-state index in [2.05, 4.69) is 6.08 Å². The first-order valence-corrected chi connectivity index (χ1v) is 7.39. The van der Waals surface area contributed by atoms with E-state index in [1.165, 1.54) is 6.42 Å². The van der Waals surface area contributed by atoms with Gasteiger partial charge in [0.2, 0.25) is 0 Å². The van der Waals surface area contributed by atoms with Gasteiger partial charge in [0.05, 0.1) is 12.7 Å². The van der Waals surface area contributed by atoms with Crippen LogP contribution in [0.5, 0.6) is 0 Å². The fraction of sp³-hybridized carbons (Fsp3) is 0.750. The van der Waals surface area contributed by atoms with Gasteiger partial charge in [-0.2, -0.15) is 0 Å². The number of aliphatic hydroxyl groups is 2. The van der Waals surface area contributed by atoms with Gasteiger partial charge in [0, 0.05) is 6.04 Å². The minimum Gasteiger partial charge on any atom is -0.391 e. The van der Waals surface area contributed by atoms with Gasteiger partial charge < -0.3 is 10.2 Å². The molecule has 0 aromatic heterocycles.